The van der Waals surface area contributed by atoms with Crippen molar-refractivity contribution in [3.8, 4) is 5.69 Å². The Hall–Kier alpha value is -0.870. The van der Waals surface area contributed by atoms with Gasteiger partial charge in [0, 0.05) is 10.9 Å². The van der Waals surface area contributed by atoms with E-state index in [0.717, 1.165) is 28.8 Å². The Labute approximate surface area is 114 Å². The second-order valence-electron chi connectivity index (χ2n) is 3.93. The lowest BCUT2D eigenvalue weighted by Crippen LogP contribution is -2.02. The van der Waals surface area contributed by atoms with Gasteiger partial charge in [0.15, 0.2) is 0 Å². The summed E-state index contributed by atoms with van der Waals surface area (Å²) in [7, 11) is 0. The van der Waals surface area contributed by atoms with E-state index in [1.807, 2.05) is 23.6 Å². The minimum absolute atomic E-state index is 0.403. The second kappa shape index (κ2) is 5.19. The van der Waals surface area contributed by atoms with E-state index in [9.17, 15) is 0 Å². The molecule has 2 rings (SSSR count). The molecule has 1 aromatic heterocycles. The van der Waals surface area contributed by atoms with Crippen molar-refractivity contribution in [2.24, 2.45) is 0 Å². The number of aromatic nitrogens is 3. The molecule has 0 bridgehead atoms. The summed E-state index contributed by atoms with van der Waals surface area (Å²) in [4.78, 5) is 0. The summed E-state index contributed by atoms with van der Waals surface area (Å²) >= 11 is 9.64. The normalized spacial score (nSPS) is 10.8. The van der Waals surface area contributed by atoms with E-state index in [4.69, 9.17) is 11.6 Å². The van der Waals surface area contributed by atoms with Crippen LogP contribution in [0.3, 0.4) is 0 Å². The minimum atomic E-state index is 0.403. The zero-order chi connectivity index (χ0) is 12.4. The maximum atomic E-state index is 6.11. The highest BCUT2D eigenvalue weighted by atomic mass is 79.9. The van der Waals surface area contributed by atoms with Crippen LogP contribution in [0.2, 0.25) is 5.28 Å². The largest absolute Gasteiger partial charge is 0.269 e. The van der Waals surface area contributed by atoms with Crippen molar-refractivity contribution in [2.75, 3.05) is 0 Å². The number of halogens is 2. The van der Waals surface area contributed by atoms with Gasteiger partial charge in [-0.15, -0.1) is 10.2 Å². The summed E-state index contributed by atoms with van der Waals surface area (Å²) in [6.07, 6.45) is 1.87. The van der Waals surface area contributed by atoms with Gasteiger partial charge in [0.1, 0.15) is 5.82 Å². The quantitative estimate of drug-likeness (QED) is 0.859. The van der Waals surface area contributed by atoms with E-state index < -0.39 is 0 Å². The molecule has 0 saturated heterocycles. The van der Waals surface area contributed by atoms with E-state index in [-0.39, 0.29) is 0 Å². The molecule has 0 fully saturated rings. The van der Waals surface area contributed by atoms with E-state index in [1.165, 1.54) is 5.56 Å². The SMILES string of the molecule is CCCc1nnc(Cl)n1-c1cc(C)ccc1Br. The van der Waals surface area contributed by atoms with E-state index in [0.29, 0.717) is 5.28 Å². The predicted octanol–water partition coefficient (Wildman–Crippen LogP) is 3.94. The minimum Gasteiger partial charge on any atom is -0.269 e. The van der Waals surface area contributed by atoms with Gasteiger partial charge in [0.05, 0.1) is 5.69 Å². The highest BCUT2D eigenvalue weighted by Gasteiger charge is 2.13. The lowest BCUT2D eigenvalue weighted by atomic mass is 10.2. The van der Waals surface area contributed by atoms with Gasteiger partial charge in [-0.2, -0.15) is 0 Å². The molecule has 0 spiro atoms. The van der Waals surface area contributed by atoms with Crippen molar-refractivity contribution in [3.63, 3.8) is 0 Å². The molecule has 0 aliphatic heterocycles. The van der Waals surface area contributed by atoms with Crippen molar-refractivity contribution < 1.29 is 0 Å². The smallest absolute Gasteiger partial charge is 0.229 e. The molecule has 0 unspecified atom stereocenters. The molecular formula is C12H13BrClN3. The van der Waals surface area contributed by atoms with Crippen molar-refractivity contribution in [1.29, 1.82) is 0 Å². The molecule has 0 atom stereocenters. The van der Waals surface area contributed by atoms with Crippen LogP contribution >= 0.6 is 27.5 Å². The lowest BCUT2D eigenvalue weighted by molar-refractivity contribution is 0.801. The third kappa shape index (κ3) is 2.53. The first-order chi connectivity index (χ1) is 8.13. The molecule has 90 valence electrons. The van der Waals surface area contributed by atoms with Crippen molar-refractivity contribution in [3.05, 3.63) is 39.3 Å². The molecule has 3 nitrogen and oxygen atoms in total. The monoisotopic (exact) mass is 313 g/mol. The first kappa shape index (κ1) is 12.6. The zero-order valence-electron chi connectivity index (χ0n) is 9.74. The maximum absolute atomic E-state index is 6.11. The Morgan fingerprint density at radius 2 is 2.12 bits per heavy atom. The highest BCUT2D eigenvalue weighted by molar-refractivity contribution is 9.10. The Balaban J connectivity index is 2.58. The standard InChI is InChI=1S/C12H13BrClN3/c1-3-4-11-15-16-12(14)17(11)10-7-8(2)5-6-9(10)13/h5-7H,3-4H2,1-2H3. The lowest BCUT2D eigenvalue weighted by Gasteiger charge is -2.10. The molecule has 0 saturated carbocycles. The van der Waals surface area contributed by atoms with Gasteiger partial charge >= 0.3 is 0 Å². The average molecular weight is 315 g/mol. The van der Waals surface area contributed by atoms with Crippen LogP contribution in [-0.2, 0) is 6.42 Å². The third-order valence-electron chi connectivity index (χ3n) is 2.51. The number of aryl methyl sites for hydroxylation is 2. The summed E-state index contributed by atoms with van der Waals surface area (Å²) in [6, 6.07) is 6.13. The molecule has 1 aromatic carbocycles. The molecule has 0 amide bonds. The van der Waals surface area contributed by atoms with E-state index in [1.54, 1.807) is 0 Å². The van der Waals surface area contributed by atoms with Gasteiger partial charge < -0.3 is 0 Å². The van der Waals surface area contributed by atoms with Crippen molar-refractivity contribution in [1.82, 2.24) is 14.8 Å². The molecule has 1 heterocycles. The number of rotatable bonds is 3. The topological polar surface area (TPSA) is 30.7 Å². The first-order valence-electron chi connectivity index (χ1n) is 5.49. The van der Waals surface area contributed by atoms with Crippen LogP contribution in [-0.4, -0.2) is 14.8 Å². The summed E-state index contributed by atoms with van der Waals surface area (Å²) in [5, 5.41) is 8.46. The molecular weight excluding hydrogens is 302 g/mol. The van der Waals surface area contributed by atoms with Gasteiger partial charge in [-0.05, 0) is 58.6 Å². The maximum Gasteiger partial charge on any atom is 0.229 e. The predicted molar refractivity (Wildman–Crippen MR) is 72.8 cm³/mol. The molecule has 0 aliphatic rings. The fraction of sp³-hybridized carbons (Fsp3) is 0.333. The Bertz CT molecular complexity index is 537. The Morgan fingerprint density at radius 1 is 1.35 bits per heavy atom. The molecule has 0 radical (unpaired) electrons. The van der Waals surface area contributed by atoms with Crippen LogP contribution in [0.4, 0.5) is 0 Å². The Kier molecular flexibility index (Phi) is 3.84. The first-order valence-corrected chi connectivity index (χ1v) is 6.67. The van der Waals surface area contributed by atoms with E-state index >= 15 is 0 Å². The number of nitrogens with zero attached hydrogens (tertiary/aromatic N) is 3. The van der Waals surface area contributed by atoms with Gasteiger partial charge in [-0.1, -0.05) is 13.0 Å². The molecule has 2 aromatic rings. The number of hydrogen-bond donors (Lipinski definition) is 0. The Morgan fingerprint density at radius 3 is 2.82 bits per heavy atom. The summed E-state index contributed by atoms with van der Waals surface area (Å²) in [6.45, 7) is 4.16. The molecule has 0 N–H and O–H groups in total. The third-order valence-corrected chi connectivity index (χ3v) is 3.42. The highest BCUT2D eigenvalue weighted by Crippen LogP contribution is 2.26. The summed E-state index contributed by atoms with van der Waals surface area (Å²) in [5.41, 5.74) is 2.17. The van der Waals surface area contributed by atoms with Gasteiger partial charge in [0.25, 0.3) is 0 Å². The van der Waals surface area contributed by atoms with Gasteiger partial charge in [-0.3, -0.25) is 4.57 Å². The van der Waals surface area contributed by atoms with Crippen molar-refractivity contribution >= 4 is 27.5 Å². The van der Waals surface area contributed by atoms with Crippen molar-refractivity contribution in [2.45, 2.75) is 26.7 Å². The van der Waals surface area contributed by atoms with Gasteiger partial charge in [0.2, 0.25) is 5.28 Å². The van der Waals surface area contributed by atoms with Crippen LogP contribution in [0.1, 0.15) is 24.7 Å². The number of hydrogen-bond acceptors (Lipinski definition) is 2. The van der Waals surface area contributed by atoms with Crippen LogP contribution in [0.5, 0.6) is 0 Å². The van der Waals surface area contributed by atoms with Crippen LogP contribution in [0.15, 0.2) is 22.7 Å². The molecule has 0 aliphatic carbocycles. The van der Waals surface area contributed by atoms with E-state index in [2.05, 4.69) is 39.1 Å². The van der Waals surface area contributed by atoms with Gasteiger partial charge in [-0.25, -0.2) is 0 Å². The fourth-order valence-electron chi connectivity index (χ4n) is 1.71. The fourth-order valence-corrected chi connectivity index (χ4v) is 2.36. The van der Waals surface area contributed by atoms with Crippen LogP contribution in [0.25, 0.3) is 5.69 Å². The summed E-state index contributed by atoms with van der Waals surface area (Å²) in [5.74, 6) is 0.892. The number of benzene rings is 1. The van der Waals surface area contributed by atoms with Crippen LogP contribution in [0, 0.1) is 6.92 Å². The average Bonchev–Trinajstić information content (AvgIpc) is 2.64. The zero-order valence-corrected chi connectivity index (χ0v) is 12.1. The molecule has 17 heavy (non-hydrogen) atoms. The molecule has 5 heteroatoms. The van der Waals surface area contributed by atoms with Crippen LogP contribution < -0.4 is 0 Å². The summed E-state index contributed by atoms with van der Waals surface area (Å²) < 4.78 is 2.88. The second-order valence-corrected chi connectivity index (χ2v) is 5.12.